The van der Waals surface area contributed by atoms with Crippen LogP contribution in [0.5, 0.6) is 11.5 Å². The number of hydrogen-bond acceptors (Lipinski definition) is 3. The summed E-state index contributed by atoms with van der Waals surface area (Å²) in [6.07, 6.45) is -2.50. The standard InChI is InChI=1S/C10H9F2NO2.ClH/c11-10(12)14-8-2-1-6(5-9(8)15-10)7-3-4-13-7;/h1-2,5,7,13H,3-4H2;1H/t7-;/m1./s1. The summed E-state index contributed by atoms with van der Waals surface area (Å²) >= 11 is 0. The Hall–Kier alpha value is -1.07. The first kappa shape index (κ1) is 11.4. The summed E-state index contributed by atoms with van der Waals surface area (Å²) in [5.41, 5.74) is 0.960. The molecule has 1 atom stereocenters. The minimum absolute atomic E-state index is 0. The van der Waals surface area contributed by atoms with Crippen molar-refractivity contribution >= 4 is 12.4 Å². The zero-order valence-electron chi connectivity index (χ0n) is 8.20. The highest BCUT2D eigenvalue weighted by Crippen LogP contribution is 2.42. The van der Waals surface area contributed by atoms with Gasteiger partial charge in [-0.1, -0.05) is 6.07 Å². The Balaban J connectivity index is 0.000000963. The molecular weight excluding hydrogens is 240 g/mol. The van der Waals surface area contributed by atoms with Gasteiger partial charge in [-0.3, -0.25) is 0 Å². The van der Waals surface area contributed by atoms with E-state index >= 15 is 0 Å². The lowest BCUT2D eigenvalue weighted by Gasteiger charge is -2.27. The Kier molecular flexibility index (Phi) is 2.67. The van der Waals surface area contributed by atoms with Crippen LogP contribution in [0.1, 0.15) is 18.0 Å². The van der Waals surface area contributed by atoms with Gasteiger partial charge in [-0.2, -0.15) is 0 Å². The molecule has 3 nitrogen and oxygen atoms in total. The van der Waals surface area contributed by atoms with Crippen LogP contribution < -0.4 is 14.8 Å². The number of ether oxygens (including phenoxy) is 2. The van der Waals surface area contributed by atoms with Gasteiger partial charge in [0, 0.05) is 6.04 Å². The smallest absolute Gasteiger partial charge is 0.395 e. The minimum Gasteiger partial charge on any atom is -0.395 e. The van der Waals surface area contributed by atoms with Crippen molar-refractivity contribution in [3.63, 3.8) is 0 Å². The molecule has 1 N–H and O–H groups in total. The van der Waals surface area contributed by atoms with Crippen LogP contribution in [0, 0.1) is 0 Å². The second-order valence-electron chi connectivity index (χ2n) is 3.67. The molecule has 1 aromatic carbocycles. The first-order chi connectivity index (χ1) is 7.14. The van der Waals surface area contributed by atoms with E-state index in [1.165, 1.54) is 6.07 Å². The molecule has 3 rings (SSSR count). The molecule has 0 bridgehead atoms. The van der Waals surface area contributed by atoms with Crippen LogP contribution in [0.2, 0.25) is 0 Å². The summed E-state index contributed by atoms with van der Waals surface area (Å²) in [4.78, 5) is 0. The van der Waals surface area contributed by atoms with Gasteiger partial charge in [0.25, 0.3) is 0 Å². The van der Waals surface area contributed by atoms with Gasteiger partial charge in [-0.05, 0) is 30.7 Å². The second kappa shape index (κ2) is 3.75. The first-order valence-electron chi connectivity index (χ1n) is 4.77. The van der Waals surface area contributed by atoms with Crippen LogP contribution in [0.15, 0.2) is 18.2 Å². The predicted molar refractivity (Wildman–Crippen MR) is 55.3 cm³/mol. The molecule has 1 saturated heterocycles. The third-order valence-corrected chi connectivity index (χ3v) is 2.65. The lowest BCUT2D eigenvalue weighted by atomic mass is 9.98. The average Bonchev–Trinajstić information content (AvgIpc) is 2.34. The Bertz CT molecular complexity index is 410. The van der Waals surface area contributed by atoms with E-state index in [1.54, 1.807) is 12.1 Å². The first-order valence-corrected chi connectivity index (χ1v) is 4.77. The average molecular weight is 250 g/mol. The highest BCUT2D eigenvalue weighted by atomic mass is 35.5. The van der Waals surface area contributed by atoms with Crippen molar-refractivity contribution in [2.24, 2.45) is 0 Å². The normalized spacial score (nSPS) is 24.5. The number of benzene rings is 1. The largest absolute Gasteiger partial charge is 0.586 e. The van der Waals surface area contributed by atoms with Gasteiger partial charge in [-0.15, -0.1) is 21.2 Å². The molecule has 0 amide bonds. The van der Waals surface area contributed by atoms with Gasteiger partial charge in [0.05, 0.1) is 0 Å². The van der Waals surface area contributed by atoms with E-state index in [0.717, 1.165) is 18.5 Å². The van der Waals surface area contributed by atoms with Crippen molar-refractivity contribution in [3.8, 4) is 11.5 Å². The summed E-state index contributed by atoms with van der Waals surface area (Å²) in [5.74, 6) is 0.217. The van der Waals surface area contributed by atoms with Crippen molar-refractivity contribution in [1.82, 2.24) is 5.32 Å². The molecule has 0 saturated carbocycles. The van der Waals surface area contributed by atoms with Gasteiger partial charge >= 0.3 is 6.29 Å². The van der Waals surface area contributed by atoms with E-state index in [4.69, 9.17) is 0 Å². The minimum atomic E-state index is -3.52. The number of halogens is 3. The SMILES string of the molecule is Cl.FC1(F)Oc2ccc([C@H]3CCN3)cc2O1. The molecule has 2 aliphatic rings. The molecule has 16 heavy (non-hydrogen) atoms. The Morgan fingerprint density at radius 1 is 1.25 bits per heavy atom. The number of alkyl halides is 2. The van der Waals surface area contributed by atoms with E-state index in [2.05, 4.69) is 14.8 Å². The lowest BCUT2D eigenvalue weighted by Crippen LogP contribution is -2.34. The van der Waals surface area contributed by atoms with Crippen LogP contribution in [0.25, 0.3) is 0 Å². The van der Waals surface area contributed by atoms with Gasteiger partial charge in [-0.25, -0.2) is 0 Å². The summed E-state index contributed by atoms with van der Waals surface area (Å²) in [7, 11) is 0. The van der Waals surface area contributed by atoms with Crippen LogP contribution in [0.4, 0.5) is 8.78 Å². The second-order valence-corrected chi connectivity index (χ2v) is 3.67. The van der Waals surface area contributed by atoms with E-state index in [0.29, 0.717) is 0 Å². The van der Waals surface area contributed by atoms with Gasteiger partial charge in [0.2, 0.25) is 0 Å². The van der Waals surface area contributed by atoms with E-state index in [9.17, 15) is 8.78 Å². The quantitative estimate of drug-likeness (QED) is 0.829. The molecule has 1 aromatic rings. The molecule has 6 heteroatoms. The Labute approximate surface area is 97.1 Å². The van der Waals surface area contributed by atoms with Crippen molar-refractivity contribution in [2.45, 2.75) is 18.8 Å². The molecule has 0 aliphatic carbocycles. The summed E-state index contributed by atoms with van der Waals surface area (Å²) < 4.78 is 34.1. The van der Waals surface area contributed by atoms with Crippen molar-refractivity contribution in [3.05, 3.63) is 23.8 Å². The van der Waals surface area contributed by atoms with Gasteiger partial charge in [0.1, 0.15) is 0 Å². The summed E-state index contributed by atoms with van der Waals surface area (Å²) in [6.45, 7) is 0.968. The van der Waals surface area contributed by atoms with Gasteiger partial charge < -0.3 is 14.8 Å². The van der Waals surface area contributed by atoms with Crippen molar-refractivity contribution in [2.75, 3.05) is 6.54 Å². The van der Waals surface area contributed by atoms with Gasteiger partial charge in [0.15, 0.2) is 11.5 Å². The van der Waals surface area contributed by atoms with Crippen LogP contribution >= 0.6 is 12.4 Å². The van der Waals surface area contributed by atoms with Crippen LogP contribution in [-0.2, 0) is 0 Å². The molecular formula is C10H10ClF2NO2. The fraction of sp³-hybridized carbons (Fsp3) is 0.400. The molecule has 1 fully saturated rings. The zero-order chi connectivity index (χ0) is 10.5. The highest BCUT2D eigenvalue weighted by Gasteiger charge is 2.43. The van der Waals surface area contributed by atoms with Crippen LogP contribution in [-0.4, -0.2) is 12.8 Å². The Morgan fingerprint density at radius 3 is 2.56 bits per heavy atom. The topological polar surface area (TPSA) is 30.5 Å². The highest BCUT2D eigenvalue weighted by molar-refractivity contribution is 5.85. The Morgan fingerprint density at radius 2 is 1.94 bits per heavy atom. The predicted octanol–water partition coefficient (Wildman–Crippen LogP) is 2.46. The molecule has 2 heterocycles. The summed E-state index contributed by atoms with van der Waals surface area (Å²) in [6, 6.07) is 5.16. The molecule has 0 spiro atoms. The number of nitrogens with one attached hydrogen (secondary N) is 1. The van der Waals surface area contributed by atoms with E-state index in [1.807, 2.05) is 0 Å². The maximum Gasteiger partial charge on any atom is 0.586 e. The third kappa shape index (κ3) is 1.81. The zero-order valence-corrected chi connectivity index (χ0v) is 9.02. The monoisotopic (exact) mass is 249 g/mol. The molecule has 0 unspecified atom stereocenters. The van der Waals surface area contributed by atoms with Crippen molar-refractivity contribution in [1.29, 1.82) is 0 Å². The fourth-order valence-corrected chi connectivity index (χ4v) is 1.76. The van der Waals surface area contributed by atoms with E-state index < -0.39 is 6.29 Å². The molecule has 0 aromatic heterocycles. The lowest BCUT2D eigenvalue weighted by molar-refractivity contribution is -0.286. The van der Waals surface area contributed by atoms with Crippen LogP contribution in [0.3, 0.4) is 0 Å². The maximum atomic E-state index is 12.7. The number of hydrogen-bond donors (Lipinski definition) is 1. The summed E-state index contributed by atoms with van der Waals surface area (Å²) in [5, 5.41) is 3.19. The van der Waals surface area contributed by atoms with E-state index in [-0.39, 0.29) is 29.9 Å². The fourth-order valence-electron chi connectivity index (χ4n) is 1.76. The molecule has 88 valence electrons. The molecule has 0 radical (unpaired) electrons. The van der Waals surface area contributed by atoms with Crippen molar-refractivity contribution < 1.29 is 18.3 Å². The maximum absolute atomic E-state index is 12.7. The number of fused-ring (bicyclic) bond motifs is 1. The number of rotatable bonds is 1. The third-order valence-electron chi connectivity index (χ3n) is 2.65. The molecule has 2 aliphatic heterocycles.